The zero-order valence-electron chi connectivity index (χ0n) is 8.71. The maximum Gasteiger partial charge on any atom is 0.303 e. The van der Waals surface area contributed by atoms with E-state index in [4.69, 9.17) is 10.8 Å². The Bertz CT molecular complexity index is 131. The molecule has 0 aromatic carbocycles. The smallest absolute Gasteiger partial charge is 0.303 e. The quantitative estimate of drug-likeness (QED) is 0.508. The third kappa shape index (κ3) is 14.7. The van der Waals surface area contributed by atoms with Crippen LogP contribution in [-0.2, 0) is 4.79 Å². The molecule has 0 rings (SSSR count). The Morgan fingerprint density at radius 3 is 1.79 bits per heavy atom. The lowest BCUT2D eigenvalue weighted by Crippen LogP contribution is -1.97. The van der Waals surface area contributed by atoms with Crippen molar-refractivity contribution >= 4 is 29.9 Å². The van der Waals surface area contributed by atoms with E-state index in [9.17, 15) is 4.79 Å². The van der Waals surface area contributed by atoms with Crippen LogP contribution in [0.5, 0.6) is 0 Å². The van der Waals surface area contributed by atoms with E-state index in [-0.39, 0.29) is 24.0 Å². The molecule has 14 heavy (non-hydrogen) atoms. The van der Waals surface area contributed by atoms with Gasteiger partial charge in [-0.1, -0.05) is 32.1 Å². The minimum absolute atomic E-state index is 0. The molecule has 86 valence electrons. The highest BCUT2D eigenvalue weighted by Gasteiger charge is 1.95. The van der Waals surface area contributed by atoms with Crippen LogP contribution in [0.3, 0.4) is 0 Å². The van der Waals surface area contributed by atoms with Gasteiger partial charge in [0, 0.05) is 6.42 Å². The van der Waals surface area contributed by atoms with E-state index in [2.05, 4.69) is 0 Å². The topological polar surface area (TPSA) is 63.3 Å². The zero-order valence-corrected chi connectivity index (χ0v) is 11.0. The van der Waals surface area contributed by atoms with Gasteiger partial charge < -0.3 is 10.8 Å². The third-order valence-corrected chi connectivity index (χ3v) is 2.09. The molecule has 0 radical (unpaired) electrons. The van der Waals surface area contributed by atoms with E-state index < -0.39 is 5.97 Å². The van der Waals surface area contributed by atoms with Gasteiger partial charge >= 0.3 is 5.97 Å². The molecule has 0 aromatic rings. The van der Waals surface area contributed by atoms with Gasteiger partial charge in [0.25, 0.3) is 0 Å². The normalized spacial score (nSPS) is 9.50. The van der Waals surface area contributed by atoms with Gasteiger partial charge in [0.05, 0.1) is 0 Å². The molecule has 0 amide bonds. The molecule has 3 N–H and O–H groups in total. The van der Waals surface area contributed by atoms with Crippen molar-refractivity contribution in [2.75, 3.05) is 6.54 Å². The van der Waals surface area contributed by atoms with E-state index in [1.807, 2.05) is 0 Å². The lowest BCUT2D eigenvalue weighted by Gasteiger charge is -1.99. The van der Waals surface area contributed by atoms with Gasteiger partial charge in [0.1, 0.15) is 0 Å². The predicted molar refractivity (Wildman–Crippen MR) is 69.0 cm³/mol. The van der Waals surface area contributed by atoms with Crippen molar-refractivity contribution in [1.82, 2.24) is 0 Å². The molecule has 0 spiro atoms. The maximum absolute atomic E-state index is 10.2. The summed E-state index contributed by atoms with van der Waals surface area (Å²) in [5.74, 6) is -0.678. The fourth-order valence-corrected chi connectivity index (χ4v) is 1.30. The minimum Gasteiger partial charge on any atom is -0.481 e. The Labute approximate surface area is 103 Å². The van der Waals surface area contributed by atoms with Crippen LogP contribution in [0, 0.1) is 0 Å². The molecule has 0 aliphatic rings. The van der Waals surface area contributed by atoms with Crippen molar-refractivity contribution in [3.05, 3.63) is 0 Å². The minimum atomic E-state index is -0.678. The number of hydrogen-bond donors (Lipinski definition) is 2. The van der Waals surface area contributed by atoms with E-state index in [1.54, 1.807) is 0 Å². The SMILES string of the molecule is I.NCCCCCCCCCC(=O)O. The summed E-state index contributed by atoms with van der Waals surface area (Å²) < 4.78 is 0. The van der Waals surface area contributed by atoms with Gasteiger partial charge in [-0.2, -0.15) is 0 Å². The number of rotatable bonds is 9. The van der Waals surface area contributed by atoms with E-state index in [0.717, 1.165) is 32.2 Å². The highest BCUT2D eigenvalue weighted by Crippen LogP contribution is 2.07. The van der Waals surface area contributed by atoms with Crippen molar-refractivity contribution in [2.24, 2.45) is 5.73 Å². The Morgan fingerprint density at radius 2 is 1.36 bits per heavy atom. The monoisotopic (exact) mass is 315 g/mol. The first kappa shape index (κ1) is 16.6. The van der Waals surface area contributed by atoms with Crippen LogP contribution >= 0.6 is 24.0 Å². The third-order valence-electron chi connectivity index (χ3n) is 2.09. The Balaban J connectivity index is 0. The second kappa shape index (κ2) is 13.2. The van der Waals surface area contributed by atoms with Gasteiger partial charge in [0.2, 0.25) is 0 Å². The zero-order chi connectivity index (χ0) is 9.94. The summed E-state index contributed by atoms with van der Waals surface area (Å²) in [6.45, 7) is 0.791. The highest BCUT2D eigenvalue weighted by molar-refractivity contribution is 14.0. The number of halogens is 1. The number of carbonyl (C=O) groups is 1. The molecule has 0 aliphatic carbocycles. The van der Waals surface area contributed by atoms with Crippen LogP contribution in [0.2, 0.25) is 0 Å². The molecule has 4 heteroatoms. The van der Waals surface area contributed by atoms with Crippen LogP contribution in [0.25, 0.3) is 0 Å². The fourth-order valence-electron chi connectivity index (χ4n) is 1.30. The summed E-state index contributed by atoms with van der Waals surface area (Å²) in [6.07, 6.45) is 8.16. The molecule has 0 aliphatic heterocycles. The molecular weight excluding hydrogens is 293 g/mol. The standard InChI is InChI=1S/C10H21NO2.HI/c11-9-7-5-3-1-2-4-6-8-10(12)13;/h1-9,11H2,(H,12,13);1H. The number of nitrogens with two attached hydrogens (primary N) is 1. The first-order valence-electron chi connectivity index (χ1n) is 5.19. The summed E-state index contributed by atoms with van der Waals surface area (Å²) in [6, 6.07) is 0. The molecular formula is C10H22INO2. The molecule has 0 aromatic heterocycles. The van der Waals surface area contributed by atoms with Crippen molar-refractivity contribution in [3.63, 3.8) is 0 Å². The van der Waals surface area contributed by atoms with Gasteiger partial charge in [-0.05, 0) is 19.4 Å². The molecule has 0 saturated carbocycles. The number of hydrogen-bond acceptors (Lipinski definition) is 2. The predicted octanol–water partition coefficient (Wildman–Crippen LogP) is 2.77. The molecule has 0 heterocycles. The highest BCUT2D eigenvalue weighted by atomic mass is 127. The average molecular weight is 315 g/mol. The summed E-state index contributed by atoms with van der Waals surface area (Å²) in [4.78, 5) is 10.2. The Morgan fingerprint density at radius 1 is 0.929 bits per heavy atom. The number of unbranched alkanes of at least 4 members (excludes halogenated alkanes) is 6. The second-order valence-electron chi connectivity index (χ2n) is 3.41. The van der Waals surface area contributed by atoms with Gasteiger partial charge in [0.15, 0.2) is 0 Å². The van der Waals surface area contributed by atoms with Crippen molar-refractivity contribution in [3.8, 4) is 0 Å². The van der Waals surface area contributed by atoms with Gasteiger partial charge in [-0.3, -0.25) is 4.79 Å². The molecule has 0 atom stereocenters. The van der Waals surface area contributed by atoms with Crippen LogP contribution in [0.15, 0.2) is 0 Å². The van der Waals surface area contributed by atoms with Crippen molar-refractivity contribution in [1.29, 1.82) is 0 Å². The summed E-state index contributed by atoms with van der Waals surface area (Å²) in [7, 11) is 0. The average Bonchev–Trinajstić information content (AvgIpc) is 2.09. The largest absolute Gasteiger partial charge is 0.481 e. The van der Waals surface area contributed by atoms with Crippen LogP contribution in [-0.4, -0.2) is 17.6 Å². The lowest BCUT2D eigenvalue weighted by atomic mass is 10.1. The van der Waals surface area contributed by atoms with Gasteiger partial charge in [-0.15, -0.1) is 24.0 Å². The maximum atomic E-state index is 10.2. The molecule has 0 unspecified atom stereocenters. The first-order valence-corrected chi connectivity index (χ1v) is 5.19. The molecule has 0 fully saturated rings. The van der Waals surface area contributed by atoms with E-state index >= 15 is 0 Å². The number of carboxylic acids is 1. The van der Waals surface area contributed by atoms with Crippen molar-refractivity contribution < 1.29 is 9.90 Å². The summed E-state index contributed by atoms with van der Waals surface area (Å²) >= 11 is 0. The Kier molecular flexibility index (Phi) is 15.6. The van der Waals surface area contributed by atoms with Crippen LogP contribution in [0.4, 0.5) is 0 Å². The second-order valence-corrected chi connectivity index (χ2v) is 3.41. The van der Waals surface area contributed by atoms with Crippen LogP contribution in [0.1, 0.15) is 51.4 Å². The Hall–Kier alpha value is 0.160. The summed E-state index contributed by atoms with van der Waals surface area (Å²) in [5, 5.41) is 8.37. The summed E-state index contributed by atoms with van der Waals surface area (Å²) in [5.41, 5.74) is 5.36. The first-order chi connectivity index (χ1) is 6.27. The van der Waals surface area contributed by atoms with E-state index in [1.165, 1.54) is 19.3 Å². The van der Waals surface area contributed by atoms with Crippen molar-refractivity contribution in [2.45, 2.75) is 51.4 Å². The number of aliphatic carboxylic acids is 1. The van der Waals surface area contributed by atoms with E-state index in [0.29, 0.717) is 6.42 Å². The number of carboxylic acid groups (broad SMARTS) is 1. The fraction of sp³-hybridized carbons (Fsp3) is 0.900. The van der Waals surface area contributed by atoms with Crippen LogP contribution < -0.4 is 5.73 Å². The molecule has 0 bridgehead atoms. The van der Waals surface area contributed by atoms with Gasteiger partial charge in [-0.25, -0.2) is 0 Å². The lowest BCUT2D eigenvalue weighted by molar-refractivity contribution is -0.137. The molecule has 3 nitrogen and oxygen atoms in total. The molecule has 0 saturated heterocycles.